The van der Waals surface area contributed by atoms with Gasteiger partial charge in [-0.15, -0.1) is 0 Å². The highest BCUT2D eigenvalue weighted by molar-refractivity contribution is 5.94. The molecule has 0 radical (unpaired) electrons. The number of hydrogen-bond donors (Lipinski definition) is 3. The Hall–Kier alpha value is -1.75. The molecule has 0 spiro atoms. The van der Waals surface area contributed by atoms with Gasteiger partial charge in [0.25, 0.3) is 0 Å². The van der Waals surface area contributed by atoms with E-state index in [4.69, 9.17) is 18.9 Å². The summed E-state index contributed by atoms with van der Waals surface area (Å²) < 4.78 is 22.3. The van der Waals surface area contributed by atoms with Crippen LogP contribution in [0.5, 0.6) is 0 Å². The van der Waals surface area contributed by atoms with Crippen molar-refractivity contribution < 1.29 is 48.7 Å². The monoisotopic (exact) mass is 412 g/mol. The van der Waals surface area contributed by atoms with E-state index in [-0.39, 0.29) is 6.42 Å². The fourth-order valence-electron chi connectivity index (χ4n) is 6.28. The van der Waals surface area contributed by atoms with E-state index < -0.39 is 82.5 Å². The third kappa shape index (κ3) is 1.70. The Kier molecular flexibility index (Phi) is 3.39. The topological polar surface area (TPSA) is 149 Å². The predicted octanol–water partition coefficient (Wildman–Crippen LogP) is -1.37. The van der Waals surface area contributed by atoms with E-state index in [1.807, 2.05) is 20.8 Å². The van der Waals surface area contributed by atoms with Crippen LogP contribution in [0.15, 0.2) is 0 Å². The van der Waals surface area contributed by atoms with Gasteiger partial charge in [0.15, 0.2) is 17.8 Å². The maximum atomic E-state index is 13.2. The van der Waals surface area contributed by atoms with Crippen LogP contribution in [0.2, 0.25) is 0 Å². The van der Waals surface area contributed by atoms with Crippen LogP contribution in [0.25, 0.3) is 0 Å². The molecule has 1 saturated carbocycles. The Morgan fingerprint density at radius 3 is 2.31 bits per heavy atom. The lowest BCUT2D eigenvalue weighted by Gasteiger charge is -2.43. The van der Waals surface area contributed by atoms with E-state index in [0.717, 1.165) is 0 Å². The molecule has 4 saturated heterocycles. The summed E-state index contributed by atoms with van der Waals surface area (Å²) >= 11 is 0. The lowest BCUT2D eigenvalue weighted by atomic mass is 9.61. The number of hydrogen-bond acceptors (Lipinski definition) is 10. The average Bonchev–Trinajstić information content (AvgIpc) is 2.97. The SMILES string of the molecule is C[C@@H]1C(=O)O[C@H]2[C@H](O)[C@@]34C5C[C@@H](C(C)(C)C)[C@@H](OC(=O)[C@@H]3O)O[C@@]4(C(=O)O5)[C@@]12O. The van der Waals surface area contributed by atoms with E-state index >= 15 is 0 Å². The molecule has 0 aromatic rings. The third-order valence-electron chi connectivity index (χ3n) is 7.82. The van der Waals surface area contributed by atoms with E-state index in [9.17, 15) is 29.7 Å². The molecule has 0 aromatic heterocycles. The number of aliphatic hydroxyl groups excluding tert-OH is 2. The first-order chi connectivity index (χ1) is 13.3. The molecular weight excluding hydrogens is 388 g/mol. The highest BCUT2D eigenvalue weighted by Gasteiger charge is 2.95. The number of esters is 3. The van der Waals surface area contributed by atoms with Crippen molar-refractivity contribution in [2.45, 2.75) is 76.0 Å². The molecule has 10 atom stereocenters. The molecule has 4 aliphatic heterocycles. The molecule has 5 aliphatic rings. The number of aliphatic hydroxyl groups is 3. The molecular formula is C19H24O10. The molecule has 160 valence electrons. The Morgan fingerprint density at radius 2 is 1.69 bits per heavy atom. The van der Waals surface area contributed by atoms with Gasteiger partial charge in [0.1, 0.15) is 17.6 Å². The normalized spacial score (nSPS) is 55.6. The van der Waals surface area contributed by atoms with Gasteiger partial charge in [-0.05, 0) is 18.8 Å². The van der Waals surface area contributed by atoms with Crippen molar-refractivity contribution in [3.63, 3.8) is 0 Å². The van der Waals surface area contributed by atoms with Crippen LogP contribution in [-0.4, -0.2) is 75.1 Å². The van der Waals surface area contributed by atoms with Crippen molar-refractivity contribution in [1.82, 2.24) is 0 Å². The number of carbonyl (C=O) groups excluding carboxylic acids is 3. The zero-order valence-electron chi connectivity index (χ0n) is 16.4. The molecule has 5 fully saturated rings. The second-order valence-corrected chi connectivity index (χ2v) is 9.89. The van der Waals surface area contributed by atoms with E-state index in [1.54, 1.807) is 0 Å². The van der Waals surface area contributed by atoms with Gasteiger partial charge in [-0.1, -0.05) is 20.8 Å². The number of ether oxygens (including phenoxy) is 4. The number of rotatable bonds is 0. The van der Waals surface area contributed by atoms with Crippen LogP contribution < -0.4 is 0 Å². The predicted molar refractivity (Wildman–Crippen MR) is 89.6 cm³/mol. The van der Waals surface area contributed by atoms with Crippen molar-refractivity contribution in [3.05, 3.63) is 0 Å². The molecule has 1 unspecified atom stereocenters. The molecule has 3 N–H and O–H groups in total. The molecule has 0 aromatic carbocycles. The molecule has 4 heterocycles. The lowest BCUT2D eigenvalue weighted by Crippen LogP contribution is -2.69. The quantitative estimate of drug-likeness (QED) is 0.321. The minimum Gasteiger partial charge on any atom is -0.459 e. The summed E-state index contributed by atoms with van der Waals surface area (Å²) in [6, 6.07) is 0. The van der Waals surface area contributed by atoms with Gasteiger partial charge in [0, 0.05) is 5.92 Å². The fraction of sp³-hybridized carbons (Fsp3) is 0.842. The van der Waals surface area contributed by atoms with E-state index in [2.05, 4.69) is 0 Å². The van der Waals surface area contributed by atoms with Gasteiger partial charge in [0.2, 0.25) is 11.9 Å². The molecule has 29 heavy (non-hydrogen) atoms. The van der Waals surface area contributed by atoms with Crippen molar-refractivity contribution in [2.24, 2.45) is 22.7 Å². The molecule has 5 rings (SSSR count). The first-order valence-electron chi connectivity index (χ1n) is 9.73. The average molecular weight is 412 g/mol. The summed E-state index contributed by atoms with van der Waals surface area (Å²) in [6.07, 6.45) is -7.71. The van der Waals surface area contributed by atoms with Crippen LogP contribution in [0.4, 0.5) is 0 Å². The van der Waals surface area contributed by atoms with Gasteiger partial charge in [0.05, 0.1) is 5.92 Å². The first kappa shape index (κ1) is 19.2. The zero-order valence-corrected chi connectivity index (χ0v) is 16.4. The van der Waals surface area contributed by atoms with Crippen LogP contribution in [0.1, 0.15) is 34.1 Å². The molecule has 1 aliphatic carbocycles. The van der Waals surface area contributed by atoms with Crippen LogP contribution in [0.3, 0.4) is 0 Å². The van der Waals surface area contributed by atoms with Crippen molar-refractivity contribution in [2.75, 3.05) is 0 Å². The lowest BCUT2D eigenvalue weighted by molar-refractivity contribution is -0.275. The second-order valence-electron chi connectivity index (χ2n) is 9.89. The Labute approximate surface area is 166 Å². The van der Waals surface area contributed by atoms with Crippen LogP contribution in [0, 0.1) is 22.7 Å². The first-order valence-corrected chi connectivity index (χ1v) is 9.73. The summed E-state index contributed by atoms with van der Waals surface area (Å²) in [5, 5.41) is 34.0. The smallest absolute Gasteiger partial charge is 0.343 e. The van der Waals surface area contributed by atoms with E-state index in [0.29, 0.717) is 0 Å². The molecule has 4 bridgehead atoms. The van der Waals surface area contributed by atoms with Crippen LogP contribution >= 0.6 is 0 Å². The minimum absolute atomic E-state index is 0.119. The Morgan fingerprint density at radius 1 is 1.03 bits per heavy atom. The zero-order chi connectivity index (χ0) is 21.3. The maximum Gasteiger partial charge on any atom is 0.343 e. The summed E-state index contributed by atoms with van der Waals surface area (Å²) in [4.78, 5) is 38.3. The Balaban J connectivity index is 1.84. The van der Waals surface area contributed by atoms with Gasteiger partial charge < -0.3 is 34.3 Å². The standard InChI is InChI=1S/C19H24O10/c1-6-12(22)27-11-9(20)17-8-5-7(16(2,3)4)14(28-13(23)10(17)21)29-19(17,15(24)26-8)18(6,11)25/h6-11,14,20-21,25H,5H2,1-4H3/t6-,7-,8?,9+,10+,11+,14+,17+,18-,19-/m1/s1. The van der Waals surface area contributed by atoms with Crippen molar-refractivity contribution in [1.29, 1.82) is 0 Å². The number of carbonyl (C=O) groups is 3. The van der Waals surface area contributed by atoms with Gasteiger partial charge in [-0.2, -0.15) is 0 Å². The highest BCUT2D eigenvalue weighted by Crippen LogP contribution is 2.71. The van der Waals surface area contributed by atoms with Gasteiger partial charge >= 0.3 is 17.9 Å². The van der Waals surface area contributed by atoms with E-state index in [1.165, 1.54) is 6.92 Å². The molecule has 10 heteroatoms. The summed E-state index contributed by atoms with van der Waals surface area (Å²) in [6.45, 7) is 7.01. The second kappa shape index (κ2) is 5.11. The van der Waals surface area contributed by atoms with Gasteiger partial charge in [-0.3, -0.25) is 4.79 Å². The minimum atomic E-state index is -2.41. The van der Waals surface area contributed by atoms with Crippen molar-refractivity contribution in [3.8, 4) is 0 Å². The third-order valence-corrected chi connectivity index (χ3v) is 7.82. The maximum absolute atomic E-state index is 13.2. The summed E-state index contributed by atoms with van der Waals surface area (Å²) in [5.74, 6) is -4.71. The largest absolute Gasteiger partial charge is 0.459 e. The Bertz CT molecular complexity index is 833. The molecule has 0 amide bonds. The summed E-state index contributed by atoms with van der Waals surface area (Å²) in [5.41, 5.74) is -7.31. The van der Waals surface area contributed by atoms with Crippen LogP contribution in [-0.2, 0) is 33.3 Å². The summed E-state index contributed by atoms with van der Waals surface area (Å²) in [7, 11) is 0. The highest BCUT2D eigenvalue weighted by atomic mass is 16.7. The van der Waals surface area contributed by atoms with Crippen molar-refractivity contribution >= 4 is 17.9 Å². The van der Waals surface area contributed by atoms with Gasteiger partial charge in [-0.25, -0.2) is 9.59 Å². The number of fused-ring (bicyclic) bond motifs is 2. The molecule has 10 nitrogen and oxygen atoms in total. The fourth-order valence-corrected chi connectivity index (χ4v) is 6.28.